The van der Waals surface area contributed by atoms with E-state index in [2.05, 4.69) is 36.6 Å². The molecule has 2 aromatic carbocycles. The maximum Gasteiger partial charge on any atom is 0.407 e. The molecule has 0 aliphatic heterocycles. The number of anilines is 1. The number of carbonyl (C=O) groups is 2. The van der Waals surface area contributed by atoms with Crippen LogP contribution in [-0.4, -0.2) is 65.5 Å². The topological polar surface area (TPSA) is 146 Å². The van der Waals surface area contributed by atoms with Crippen molar-refractivity contribution in [3.63, 3.8) is 0 Å². The average molecular weight is 710 g/mol. The van der Waals surface area contributed by atoms with Crippen molar-refractivity contribution >= 4 is 65.6 Å². The zero-order valence-electron chi connectivity index (χ0n) is 25.7. The maximum absolute atomic E-state index is 14.2. The van der Waals surface area contributed by atoms with Crippen molar-refractivity contribution in [2.45, 2.75) is 56.1 Å². The Kier molecular flexibility index (Phi) is 8.51. The quantitative estimate of drug-likeness (QED) is 0.182. The van der Waals surface area contributed by atoms with E-state index in [4.69, 9.17) is 9.47 Å². The van der Waals surface area contributed by atoms with Gasteiger partial charge in [-0.25, -0.2) is 27.0 Å². The fourth-order valence-corrected chi connectivity index (χ4v) is 8.63. The van der Waals surface area contributed by atoms with E-state index in [0.717, 1.165) is 14.9 Å². The number of aromatic nitrogens is 4. The Morgan fingerprint density at radius 3 is 2.46 bits per heavy atom. The SMILES string of the molecule is COC(=O)N[C@@H]1CC[C@@H](Nc2c(C(=O)OC)cnc3c2c(-c2ccc4c(cnn4C(C)C)c2)c(Br)n3S(=O)(=O)c2ccccc2)C1. The molecule has 2 N–H and O–H groups in total. The van der Waals surface area contributed by atoms with Gasteiger partial charge in [-0.2, -0.15) is 5.10 Å². The standard InChI is InChI=1S/C32H33BrN6O6S/c1-18(2)38-25-13-10-19(14-20(25)16-35-38)26-27-28(36-21-11-12-22(15-21)37-32(41)45-4)24(31(40)44-3)17-34-30(27)39(29(26)33)46(42,43)23-8-6-5-7-9-23/h5-10,13-14,16-18,21-22H,11-12,15H2,1-4H3,(H,34,36)(H,37,41)/t21-,22-/m1/s1. The van der Waals surface area contributed by atoms with Gasteiger partial charge in [0.15, 0.2) is 5.65 Å². The van der Waals surface area contributed by atoms with E-state index in [-0.39, 0.29) is 38.8 Å². The number of methoxy groups -OCH3 is 2. The van der Waals surface area contributed by atoms with E-state index in [0.29, 0.717) is 41.5 Å². The van der Waals surface area contributed by atoms with Gasteiger partial charge in [0.25, 0.3) is 10.0 Å². The number of ether oxygens (including phenoxy) is 2. The molecule has 1 aliphatic rings. The number of amides is 1. The molecule has 46 heavy (non-hydrogen) atoms. The third kappa shape index (κ3) is 5.49. The van der Waals surface area contributed by atoms with E-state index in [1.165, 1.54) is 32.5 Å². The van der Waals surface area contributed by atoms with Crippen molar-refractivity contribution in [1.82, 2.24) is 24.1 Å². The summed E-state index contributed by atoms with van der Waals surface area (Å²) in [5, 5.41) is 12.2. The molecule has 5 aromatic rings. The van der Waals surface area contributed by atoms with Crippen LogP contribution in [-0.2, 0) is 19.5 Å². The molecule has 1 amide bonds. The number of hydrogen-bond acceptors (Lipinski definition) is 9. The highest BCUT2D eigenvalue weighted by Gasteiger charge is 2.33. The smallest absolute Gasteiger partial charge is 0.407 e. The van der Waals surface area contributed by atoms with Gasteiger partial charge >= 0.3 is 12.1 Å². The van der Waals surface area contributed by atoms with E-state index in [9.17, 15) is 18.0 Å². The van der Waals surface area contributed by atoms with Crippen molar-refractivity contribution in [2.75, 3.05) is 19.5 Å². The lowest BCUT2D eigenvalue weighted by Crippen LogP contribution is -2.33. The minimum atomic E-state index is -4.16. The van der Waals surface area contributed by atoms with Crippen molar-refractivity contribution in [3.05, 3.63) is 71.1 Å². The lowest BCUT2D eigenvalue weighted by Gasteiger charge is -2.19. The predicted molar refractivity (Wildman–Crippen MR) is 178 cm³/mol. The largest absolute Gasteiger partial charge is 0.465 e. The Bertz CT molecular complexity index is 2080. The number of rotatable bonds is 8. The first-order chi connectivity index (χ1) is 22.0. The van der Waals surface area contributed by atoms with E-state index < -0.39 is 22.1 Å². The highest BCUT2D eigenvalue weighted by molar-refractivity contribution is 9.10. The van der Waals surface area contributed by atoms with Gasteiger partial charge in [0.2, 0.25) is 0 Å². The molecule has 3 aromatic heterocycles. The summed E-state index contributed by atoms with van der Waals surface area (Å²) >= 11 is 3.64. The van der Waals surface area contributed by atoms with Gasteiger partial charge in [-0.3, -0.25) is 4.68 Å². The van der Waals surface area contributed by atoms with Gasteiger partial charge in [-0.15, -0.1) is 0 Å². The molecule has 240 valence electrons. The minimum absolute atomic E-state index is 0.0775. The first-order valence-electron chi connectivity index (χ1n) is 14.8. The second-order valence-corrected chi connectivity index (χ2v) is 14.0. The van der Waals surface area contributed by atoms with Crippen LogP contribution < -0.4 is 10.6 Å². The summed E-state index contributed by atoms with van der Waals surface area (Å²) in [7, 11) is -1.56. The number of hydrogen-bond donors (Lipinski definition) is 2. The zero-order chi connectivity index (χ0) is 32.7. The van der Waals surface area contributed by atoms with Crippen LogP contribution in [0.1, 0.15) is 49.5 Å². The lowest BCUT2D eigenvalue weighted by atomic mass is 10.0. The fourth-order valence-electron chi connectivity index (χ4n) is 6.08. The molecule has 0 saturated heterocycles. The first kappa shape index (κ1) is 31.5. The summed E-state index contributed by atoms with van der Waals surface area (Å²) in [5.74, 6) is -0.631. The normalized spacial score (nSPS) is 16.7. The molecule has 0 radical (unpaired) electrons. The molecule has 1 fully saturated rings. The number of alkyl carbamates (subject to hydrolysis) is 1. The molecular formula is C32H33BrN6O6S. The van der Waals surface area contributed by atoms with Crippen molar-refractivity contribution in [3.8, 4) is 11.1 Å². The van der Waals surface area contributed by atoms with E-state index >= 15 is 0 Å². The number of carbonyl (C=O) groups excluding carboxylic acids is 2. The Labute approximate surface area is 274 Å². The Morgan fingerprint density at radius 2 is 1.76 bits per heavy atom. The molecule has 0 spiro atoms. The second kappa shape index (κ2) is 12.4. The first-order valence-corrected chi connectivity index (χ1v) is 17.0. The van der Waals surface area contributed by atoms with Gasteiger partial charge < -0.3 is 20.1 Å². The van der Waals surface area contributed by atoms with Gasteiger partial charge in [0.1, 0.15) is 10.2 Å². The summed E-state index contributed by atoms with van der Waals surface area (Å²) in [6.45, 7) is 4.09. The summed E-state index contributed by atoms with van der Waals surface area (Å²) in [4.78, 5) is 29.7. The molecule has 2 atom stereocenters. The van der Waals surface area contributed by atoms with Crippen LogP contribution in [0.2, 0.25) is 0 Å². The molecule has 12 nitrogen and oxygen atoms in total. The Hall–Kier alpha value is -4.43. The number of halogens is 1. The molecule has 1 saturated carbocycles. The Morgan fingerprint density at radius 1 is 1.02 bits per heavy atom. The van der Waals surface area contributed by atoms with Crippen LogP contribution in [0.25, 0.3) is 33.1 Å². The number of nitrogens with zero attached hydrogens (tertiary/aromatic N) is 4. The summed E-state index contributed by atoms with van der Waals surface area (Å²) < 4.78 is 41.7. The van der Waals surface area contributed by atoms with Crippen molar-refractivity contribution in [1.29, 1.82) is 0 Å². The number of esters is 1. The number of pyridine rings is 1. The molecule has 1 aliphatic carbocycles. The van der Waals surface area contributed by atoms with Gasteiger partial charge in [0.05, 0.1) is 41.9 Å². The molecule has 0 unspecified atom stereocenters. The molecule has 14 heteroatoms. The summed E-state index contributed by atoms with van der Waals surface area (Å²) in [5.41, 5.74) is 2.81. The average Bonchev–Trinajstić information content (AvgIpc) is 3.76. The number of benzene rings is 2. The third-order valence-corrected chi connectivity index (χ3v) is 10.9. The van der Waals surface area contributed by atoms with Crippen LogP contribution in [0.15, 0.2) is 70.4 Å². The number of nitrogens with one attached hydrogen (secondary N) is 2. The van der Waals surface area contributed by atoms with Crippen LogP contribution in [0, 0.1) is 0 Å². The van der Waals surface area contributed by atoms with E-state index in [1.54, 1.807) is 24.4 Å². The Balaban J connectivity index is 1.61. The monoisotopic (exact) mass is 708 g/mol. The maximum atomic E-state index is 14.2. The van der Waals surface area contributed by atoms with Gasteiger partial charge in [-0.05, 0) is 78.9 Å². The van der Waals surface area contributed by atoms with Crippen molar-refractivity contribution in [2.24, 2.45) is 0 Å². The fraction of sp³-hybridized carbons (Fsp3) is 0.312. The van der Waals surface area contributed by atoms with E-state index in [1.807, 2.05) is 36.7 Å². The van der Waals surface area contributed by atoms with Crippen LogP contribution >= 0.6 is 15.9 Å². The molecule has 0 bridgehead atoms. The molecule has 6 rings (SSSR count). The second-order valence-electron chi connectivity index (χ2n) is 11.4. The molecular weight excluding hydrogens is 676 g/mol. The third-order valence-electron chi connectivity index (χ3n) is 8.23. The van der Waals surface area contributed by atoms with Gasteiger partial charge in [0, 0.05) is 35.3 Å². The summed E-state index contributed by atoms with van der Waals surface area (Å²) in [6, 6.07) is 13.7. The molecule has 3 heterocycles. The number of fused-ring (bicyclic) bond motifs is 2. The highest BCUT2D eigenvalue weighted by atomic mass is 79.9. The van der Waals surface area contributed by atoms with Crippen LogP contribution in [0.4, 0.5) is 10.5 Å². The summed E-state index contributed by atoms with van der Waals surface area (Å²) in [6.07, 6.45) is 4.51. The predicted octanol–water partition coefficient (Wildman–Crippen LogP) is 6.11. The highest BCUT2D eigenvalue weighted by Crippen LogP contribution is 2.45. The minimum Gasteiger partial charge on any atom is -0.465 e. The lowest BCUT2D eigenvalue weighted by molar-refractivity contribution is 0.0601. The van der Waals surface area contributed by atoms with Gasteiger partial charge in [-0.1, -0.05) is 24.3 Å². The van der Waals surface area contributed by atoms with Crippen LogP contribution in [0.3, 0.4) is 0 Å². The zero-order valence-corrected chi connectivity index (χ0v) is 28.1. The van der Waals surface area contributed by atoms with Crippen LogP contribution in [0.5, 0.6) is 0 Å². The van der Waals surface area contributed by atoms with Crippen molar-refractivity contribution < 1.29 is 27.5 Å².